The molecular formula is C12H26N2O2S. The summed E-state index contributed by atoms with van der Waals surface area (Å²) in [5.41, 5.74) is 0. The molecule has 102 valence electrons. The lowest BCUT2D eigenvalue weighted by molar-refractivity contribution is 0.267. The smallest absolute Gasteiger partial charge is 0.150 e. The molecule has 0 aliphatic carbocycles. The molecule has 1 aliphatic rings. The van der Waals surface area contributed by atoms with Crippen LogP contribution < -0.4 is 5.32 Å². The molecular weight excluding hydrogens is 236 g/mol. The molecule has 0 bridgehead atoms. The van der Waals surface area contributed by atoms with Gasteiger partial charge in [0.05, 0.1) is 11.5 Å². The molecule has 0 spiro atoms. The molecule has 1 rings (SSSR count). The zero-order valence-electron chi connectivity index (χ0n) is 11.3. The Bertz CT molecular complexity index is 300. The van der Waals surface area contributed by atoms with Gasteiger partial charge in [0.1, 0.15) is 9.84 Å². The molecule has 1 N–H and O–H groups in total. The highest BCUT2D eigenvalue weighted by Crippen LogP contribution is 2.11. The van der Waals surface area contributed by atoms with Gasteiger partial charge in [0.15, 0.2) is 0 Å². The van der Waals surface area contributed by atoms with Crippen LogP contribution in [0.3, 0.4) is 0 Å². The second kappa shape index (κ2) is 6.71. The monoisotopic (exact) mass is 262 g/mol. The van der Waals surface area contributed by atoms with Crippen molar-refractivity contribution in [3.05, 3.63) is 0 Å². The molecule has 1 saturated heterocycles. The van der Waals surface area contributed by atoms with Gasteiger partial charge in [-0.05, 0) is 53.2 Å². The van der Waals surface area contributed by atoms with Gasteiger partial charge in [-0.15, -0.1) is 0 Å². The Morgan fingerprint density at radius 3 is 2.41 bits per heavy atom. The van der Waals surface area contributed by atoms with Gasteiger partial charge in [-0.25, -0.2) is 8.42 Å². The molecule has 0 unspecified atom stereocenters. The molecule has 1 fully saturated rings. The van der Waals surface area contributed by atoms with Crippen LogP contribution in [-0.2, 0) is 9.84 Å². The summed E-state index contributed by atoms with van der Waals surface area (Å²) in [6.07, 6.45) is 2.68. The van der Waals surface area contributed by atoms with Gasteiger partial charge < -0.3 is 10.2 Å². The van der Waals surface area contributed by atoms with Crippen molar-refractivity contribution < 1.29 is 8.42 Å². The predicted molar refractivity (Wildman–Crippen MR) is 72.1 cm³/mol. The van der Waals surface area contributed by atoms with Crippen molar-refractivity contribution in [3.63, 3.8) is 0 Å². The van der Waals surface area contributed by atoms with E-state index >= 15 is 0 Å². The second-order valence-electron chi connectivity index (χ2n) is 5.31. The van der Waals surface area contributed by atoms with E-state index in [0.717, 1.165) is 32.4 Å². The maximum Gasteiger partial charge on any atom is 0.150 e. The standard InChI is InChI=1S/C12H26N2O2S/c1-11(2)14(3)8-4-7-13-12-5-9-17(15,16)10-6-12/h11-13H,4-10H2,1-3H3. The summed E-state index contributed by atoms with van der Waals surface area (Å²) < 4.78 is 22.5. The van der Waals surface area contributed by atoms with E-state index < -0.39 is 9.84 Å². The topological polar surface area (TPSA) is 49.4 Å². The summed E-state index contributed by atoms with van der Waals surface area (Å²) in [6, 6.07) is 0.998. The maximum atomic E-state index is 11.3. The minimum atomic E-state index is -2.72. The average molecular weight is 262 g/mol. The Kier molecular flexibility index (Phi) is 5.89. The Labute approximate surface area is 106 Å². The third-order valence-electron chi connectivity index (χ3n) is 3.56. The molecule has 0 aromatic carbocycles. The molecule has 0 aromatic heterocycles. The number of nitrogens with one attached hydrogen (secondary N) is 1. The van der Waals surface area contributed by atoms with E-state index in [1.165, 1.54) is 0 Å². The Balaban J connectivity index is 2.08. The fraction of sp³-hybridized carbons (Fsp3) is 1.00. The van der Waals surface area contributed by atoms with Gasteiger partial charge in [0.2, 0.25) is 0 Å². The quantitative estimate of drug-likeness (QED) is 0.722. The third kappa shape index (κ3) is 5.84. The predicted octanol–water partition coefficient (Wildman–Crippen LogP) is 0.884. The molecule has 4 nitrogen and oxygen atoms in total. The minimum absolute atomic E-state index is 0.358. The van der Waals surface area contributed by atoms with Gasteiger partial charge in [0.25, 0.3) is 0 Å². The summed E-state index contributed by atoms with van der Waals surface area (Å²) in [5.74, 6) is 0.715. The summed E-state index contributed by atoms with van der Waals surface area (Å²) in [6.45, 7) is 6.47. The minimum Gasteiger partial charge on any atom is -0.314 e. The van der Waals surface area contributed by atoms with Crippen molar-refractivity contribution in [3.8, 4) is 0 Å². The Morgan fingerprint density at radius 1 is 1.29 bits per heavy atom. The van der Waals surface area contributed by atoms with Crippen molar-refractivity contribution in [2.24, 2.45) is 0 Å². The molecule has 17 heavy (non-hydrogen) atoms. The van der Waals surface area contributed by atoms with Crippen LogP contribution in [0.2, 0.25) is 0 Å². The van der Waals surface area contributed by atoms with E-state index in [1.807, 2.05) is 0 Å². The summed E-state index contributed by atoms with van der Waals surface area (Å²) in [4.78, 5) is 2.33. The molecule has 1 aliphatic heterocycles. The highest BCUT2D eigenvalue weighted by atomic mass is 32.2. The lowest BCUT2D eigenvalue weighted by Crippen LogP contribution is -2.39. The fourth-order valence-corrected chi connectivity index (χ4v) is 3.48. The van der Waals surface area contributed by atoms with Crippen molar-refractivity contribution in [2.75, 3.05) is 31.6 Å². The van der Waals surface area contributed by atoms with Crippen LogP contribution in [0.4, 0.5) is 0 Å². The molecule has 0 atom stereocenters. The fourth-order valence-electron chi connectivity index (χ4n) is 1.99. The van der Waals surface area contributed by atoms with Crippen molar-refractivity contribution >= 4 is 9.84 Å². The van der Waals surface area contributed by atoms with Crippen LogP contribution in [0.25, 0.3) is 0 Å². The van der Waals surface area contributed by atoms with Crippen LogP contribution in [-0.4, -0.2) is 57.0 Å². The van der Waals surface area contributed by atoms with Gasteiger partial charge in [-0.1, -0.05) is 0 Å². The van der Waals surface area contributed by atoms with E-state index in [0.29, 0.717) is 23.6 Å². The molecule has 0 saturated carbocycles. The van der Waals surface area contributed by atoms with E-state index in [2.05, 4.69) is 31.1 Å². The average Bonchev–Trinajstić information content (AvgIpc) is 2.25. The molecule has 0 radical (unpaired) electrons. The largest absolute Gasteiger partial charge is 0.314 e. The molecule has 1 heterocycles. The van der Waals surface area contributed by atoms with Gasteiger partial charge in [-0.2, -0.15) is 0 Å². The zero-order chi connectivity index (χ0) is 12.9. The number of hydrogen-bond acceptors (Lipinski definition) is 4. The lowest BCUT2D eigenvalue weighted by Gasteiger charge is -2.24. The summed E-state index contributed by atoms with van der Waals surface area (Å²) >= 11 is 0. The number of nitrogens with zero attached hydrogens (tertiary/aromatic N) is 1. The van der Waals surface area contributed by atoms with Gasteiger partial charge in [-0.3, -0.25) is 0 Å². The van der Waals surface area contributed by atoms with Crippen LogP contribution in [0.15, 0.2) is 0 Å². The van der Waals surface area contributed by atoms with Gasteiger partial charge >= 0.3 is 0 Å². The second-order valence-corrected chi connectivity index (χ2v) is 7.61. The van der Waals surface area contributed by atoms with E-state index in [1.54, 1.807) is 0 Å². The Hall–Kier alpha value is -0.130. The van der Waals surface area contributed by atoms with Crippen LogP contribution in [0, 0.1) is 0 Å². The van der Waals surface area contributed by atoms with E-state index in [9.17, 15) is 8.42 Å². The first kappa shape index (κ1) is 14.9. The molecule has 0 amide bonds. The van der Waals surface area contributed by atoms with E-state index in [-0.39, 0.29) is 0 Å². The van der Waals surface area contributed by atoms with E-state index in [4.69, 9.17) is 0 Å². The molecule has 5 heteroatoms. The van der Waals surface area contributed by atoms with Crippen molar-refractivity contribution in [1.82, 2.24) is 10.2 Å². The highest BCUT2D eigenvalue weighted by Gasteiger charge is 2.22. The first-order valence-electron chi connectivity index (χ1n) is 6.55. The SMILES string of the molecule is CC(C)N(C)CCCNC1CCS(=O)(=O)CC1. The maximum absolute atomic E-state index is 11.3. The first-order chi connectivity index (χ1) is 7.91. The molecule has 0 aromatic rings. The lowest BCUT2D eigenvalue weighted by atomic mass is 10.1. The number of rotatable bonds is 6. The number of sulfone groups is 1. The highest BCUT2D eigenvalue weighted by molar-refractivity contribution is 7.91. The summed E-state index contributed by atoms with van der Waals surface area (Å²) in [5, 5.41) is 3.46. The van der Waals surface area contributed by atoms with Crippen molar-refractivity contribution in [2.45, 2.75) is 45.2 Å². The normalized spacial score (nSPS) is 21.2. The first-order valence-corrected chi connectivity index (χ1v) is 8.37. The zero-order valence-corrected chi connectivity index (χ0v) is 12.1. The van der Waals surface area contributed by atoms with Gasteiger partial charge in [0, 0.05) is 12.1 Å². The van der Waals surface area contributed by atoms with Crippen LogP contribution in [0.5, 0.6) is 0 Å². The van der Waals surface area contributed by atoms with Crippen molar-refractivity contribution in [1.29, 1.82) is 0 Å². The van der Waals surface area contributed by atoms with Crippen LogP contribution in [0.1, 0.15) is 33.1 Å². The summed E-state index contributed by atoms with van der Waals surface area (Å²) in [7, 11) is -0.582. The van der Waals surface area contributed by atoms with Crippen LogP contribution >= 0.6 is 0 Å². The Morgan fingerprint density at radius 2 is 1.88 bits per heavy atom. The number of hydrogen-bond donors (Lipinski definition) is 1. The third-order valence-corrected chi connectivity index (χ3v) is 5.27.